The molecule has 0 radical (unpaired) electrons. The summed E-state index contributed by atoms with van der Waals surface area (Å²) in [5.41, 5.74) is 6.49. The summed E-state index contributed by atoms with van der Waals surface area (Å²) in [4.78, 5) is 4.17. The molecule has 0 saturated heterocycles. The third-order valence-corrected chi connectivity index (χ3v) is 2.29. The van der Waals surface area contributed by atoms with E-state index in [1.54, 1.807) is 25.3 Å². The van der Waals surface area contributed by atoms with E-state index >= 15 is 0 Å². The van der Waals surface area contributed by atoms with Gasteiger partial charge in [-0.25, -0.2) is 9.67 Å². The lowest BCUT2D eigenvalue weighted by Crippen LogP contribution is -2.17. The summed E-state index contributed by atoms with van der Waals surface area (Å²) in [7, 11) is 0. The van der Waals surface area contributed by atoms with E-state index in [9.17, 15) is 5.11 Å². The van der Waals surface area contributed by atoms with Crippen molar-refractivity contribution in [1.29, 1.82) is 0 Å². The van der Waals surface area contributed by atoms with Gasteiger partial charge < -0.3 is 16.0 Å². The fraction of sp³-hybridized carbons (Fsp3) is 0.300. The number of aliphatic hydroxyl groups is 1. The van der Waals surface area contributed by atoms with Gasteiger partial charge in [0.15, 0.2) is 11.5 Å². The van der Waals surface area contributed by atoms with Crippen LogP contribution >= 0.6 is 0 Å². The van der Waals surface area contributed by atoms with Crippen LogP contribution in [-0.4, -0.2) is 37.0 Å². The minimum absolute atomic E-state index is 0.0765. The standard InChI is InChI=1S/C10H13N5O2/c1-6(16)5-15-10-7(3-2-4-12-10)8(13-15)9(11)14-17/h2-4,6,16-17H,5H2,1H3,(H2,11,14). The van der Waals surface area contributed by atoms with Gasteiger partial charge >= 0.3 is 0 Å². The van der Waals surface area contributed by atoms with Gasteiger partial charge in [-0.15, -0.1) is 0 Å². The van der Waals surface area contributed by atoms with Gasteiger partial charge in [-0.1, -0.05) is 5.16 Å². The van der Waals surface area contributed by atoms with Crippen LogP contribution < -0.4 is 5.73 Å². The highest BCUT2D eigenvalue weighted by Gasteiger charge is 2.15. The number of aliphatic hydroxyl groups excluding tert-OH is 1. The Morgan fingerprint density at radius 2 is 2.41 bits per heavy atom. The van der Waals surface area contributed by atoms with Crippen LogP contribution in [0.3, 0.4) is 0 Å². The topological polar surface area (TPSA) is 110 Å². The van der Waals surface area contributed by atoms with Crippen LogP contribution in [0.2, 0.25) is 0 Å². The van der Waals surface area contributed by atoms with Crippen molar-refractivity contribution in [1.82, 2.24) is 14.8 Å². The van der Waals surface area contributed by atoms with Crippen LogP contribution in [0.25, 0.3) is 11.0 Å². The summed E-state index contributed by atoms with van der Waals surface area (Å²) in [6, 6.07) is 3.52. The van der Waals surface area contributed by atoms with Gasteiger partial charge in [0.25, 0.3) is 0 Å². The van der Waals surface area contributed by atoms with Crippen molar-refractivity contribution in [2.24, 2.45) is 10.9 Å². The first-order valence-electron chi connectivity index (χ1n) is 5.11. The molecular weight excluding hydrogens is 222 g/mol. The first-order chi connectivity index (χ1) is 8.13. The number of amidine groups is 1. The van der Waals surface area contributed by atoms with Crippen LogP contribution in [0.5, 0.6) is 0 Å². The second-order valence-corrected chi connectivity index (χ2v) is 3.74. The van der Waals surface area contributed by atoms with Gasteiger partial charge in [0.05, 0.1) is 18.0 Å². The highest BCUT2D eigenvalue weighted by molar-refractivity contribution is 6.05. The Bertz CT molecular complexity index is 561. The minimum atomic E-state index is -0.555. The van der Waals surface area contributed by atoms with Crippen LogP contribution in [0.1, 0.15) is 12.6 Å². The Labute approximate surface area is 97.2 Å². The van der Waals surface area contributed by atoms with E-state index < -0.39 is 6.10 Å². The molecule has 2 aromatic rings. The molecule has 1 atom stereocenters. The predicted octanol–water partition coefficient (Wildman–Crippen LogP) is -0.0934. The molecule has 2 heterocycles. The predicted molar refractivity (Wildman–Crippen MR) is 61.7 cm³/mol. The fourth-order valence-corrected chi connectivity index (χ4v) is 1.62. The molecule has 0 bridgehead atoms. The molecule has 2 rings (SSSR count). The number of rotatable bonds is 3. The van der Waals surface area contributed by atoms with Crippen molar-refractivity contribution < 1.29 is 10.3 Å². The zero-order valence-corrected chi connectivity index (χ0v) is 9.28. The van der Waals surface area contributed by atoms with Gasteiger partial charge in [-0.2, -0.15) is 5.10 Å². The molecule has 0 aliphatic heterocycles. The summed E-state index contributed by atoms with van der Waals surface area (Å²) in [5.74, 6) is -0.0765. The van der Waals surface area contributed by atoms with Gasteiger partial charge in [-0.3, -0.25) is 0 Å². The van der Waals surface area contributed by atoms with E-state index in [0.29, 0.717) is 23.3 Å². The molecule has 0 aromatic carbocycles. The van der Waals surface area contributed by atoms with Crippen molar-refractivity contribution in [2.45, 2.75) is 19.6 Å². The average Bonchev–Trinajstić information content (AvgIpc) is 2.67. The summed E-state index contributed by atoms with van der Waals surface area (Å²) in [6.07, 6.45) is 1.07. The fourth-order valence-electron chi connectivity index (χ4n) is 1.62. The van der Waals surface area contributed by atoms with Crippen molar-refractivity contribution in [3.63, 3.8) is 0 Å². The number of pyridine rings is 1. The molecule has 4 N–H and O–H groups in total. The lowest BCUT2D eigenvalue weighted by molar-refractivity contribution is 0.170. The largest absolute Gasteiger partial charge is 0.409 e. The van der Waals surface area contributed by atoms with Crippen LogP contribution in [0.4, 0.5) is 0 Å². The van der Waals surface area contributed by atoms with Crippen molar-refractivity contribution >= 4 is 16.9 Å². The van der Waals surface area contributed by atoms with Gasteiger partial charge in [0.2, 0.25) is 0 Å². The maximum absolute atomic E-state index is 9.37. The molecular formula is C10H13N5O2. The number of hydrogen-bond acceptors (Lipinski definition) is 5. The summed E-state index contributed by atoms with van der Waals surface area (Å²) >= 11 is 0. The zero-order valence-electron chi connectivity index (χ0n) is 9.28. The molecule has 7 nitrogen and oxygen atoms in total. The lowest BCUT2D eigenvalue weighted by Gasteiger charge is -2.04. The maximum Gasteiger partial charge on any atom is 0.191 e. The highest BCUT2D eigenvalue weighted by Crippen LogP contribution is 2.16. The van der Waals surface area contributed by atoms with E-state index in [-0.39, 0.29) is 5.84 Å². The van der Waals surface area contributed by atoms with Crippen molar-refractivity contribution in [3.8, 4) is 0 Å². The van der Waals surface area contributed by atoms with Gasteiger partial charge in [0.1, 0.15) is 5.69 Å². The number of nitrogens with zero attached hydrogens (tertiary/aromatic N) is 4. The SMILES string of the molecule is CC(O)Cn1nc(C(N)=NO)c2cccnc21. The second-order valence-electron chi connectivity index (χ2n) is 3.74. The smallest absolute Gasteiger partial charge is 0.191 e. The van der Waals surface area contributed by atoms with Crippen molar-refractivity contribution in [2.75, 3.05) is 0 Å². The Hall–Kier alpha value is -2.15. The average molecular weight is 235 g/mol. The Kier molecular flexibility index (Phi) is 2.92. The first-order valence-corrected chi connectivity index (χ1v) is 5.11. The van der Waals surface area contributed by atoms with Gasteiger partial charge in [-0.05, 0) is 19.1 Å². The molecule has 0 aliphatic carbocycles. The summed E-state index contributed by atoms with van der Waals surface area (Å²) < 4.78 is 1.54. The molecule has 0 saturated carbocycles. The van der Waals surface area contributed by atoms with Crippen LogP contribution in [-0.2, 0) is 6.54 Å². The Morgan fingerprint density at radius 3 is 3.06 bits per heavy atom. The molecule has 1 unspecified atom stereocenters. The first kappa shape index (κ1) is 11.3. The number of oxime groups is 1. The normalized spacial score (nSPS) is 14.1. The van der Waals surface area contributed by atoms with E-state index in [1.165, 1.54) is 4.68 Å². The lowest BCUT2D eigenvalue weighted by atomic mass is 10.2. The molecule has 2 aromatic heterocycles. The van der Waals surface area contributed by atoms with Crippen LogP contribution in [0.15, 0.2) is 23.5 Å². The molecule has 17 heavy (non-hydrogen) atoms. The number of hydrogen-bond donors (Lipinski definition) is 3. The summed E-state index contributed by atoms with van der Waals surface area (Å²) in [6.45, 7) is 1.95. The molecule has 7 heteroatoms. The third kappa shape index (κ3) is 2.04. The minimum Gasteiger partial charge on any atom is -0.409 e. The molecule has 90 valence electrons. The highest BCUT2D eigenvalue weighted by atomic mass is 16.4. The van der Waals surface area contributed by atoms with E-state index in [2.05, 4.69) is 15.2 Å². The Balaban J connectivity index is 2.62. The molecule has 0 fully saturated rings. The Morgan fingerprint density at radius 1 is 1.65 bits per heavy atom. The zero-order chi connectivity index (χ0) is 12.4. The molecule has 0 aliphatic rings. The van der Waals surface area contributed by atoms with E-state index in [1.807, 2.05) is 0 Å². The van der Waals surface area contributed by atoms with Crippen molar-refractivity contribution in [3.05, 3.63) is 24.0 Å². The number of nitrogens with two attached hydrogens (primary N) is 1. The van der Waals surface area contributed by atoms with E-state index in [4.69, 9.17) is 10.9 Å². The number of fused-ring (bicyclic) bond motifs is 1. The quantitative estimate of drug-likeness (QED) is 0.298. The van der Waals surface area contributed by atoms with Gasteiger partial charge in [0, 0.05) is 6.20 Å². The maximum atomic E-state index is 9.37. The summed E-state index contributed by atoms with van der Waals surface area (Å²) in [5, 5.41) is 25.8. The monoisotopic (exact) mass is 235 g/mol. The number of aromatic nitrogens is 3. The third-order valence-electron chi connectivity index (χ3n) is 2.29. The van der Waals surface area contributed by atoms with E-state index in [0.717, 1.165) is 0 Å². The van der Waals surface area contributed by atoms with Crippen LogP contribution in [0, 0.1) is 0 Å². The molecule has 0 amide bonds. The second kappa shape index (κ2) is 4.38. The molecule has 0 spiro atoms.